The number of alkyl halides is 1. The van der Waals surface area contributed by atoms with Gasteiger partial charge in [0.05, 0.1) is 0 Å². The maximum Gasteiger partial charge on any atom is 0.324 e. The van der Waals surface area contributed by atoms with E-state index < -0.39 is 0 Å². The third-order valence-corrected chi connectivity index (χ3v) is 5.18. The molecule has 0 spiro atoms. The zero-order valence-corrected chi connectivity index (χ0v) is 14.1. The van der Waals surface area contributed by atoms with Crippen LogP contribution in [0.1, 0.15) is 16.0 Å². The molecule has 1 fully saturated rings. The van der Waals surface area contributed by atoms with Crippen molar-refractivity contribution < 1.29 is 9.53 Å². The second kappa shape index (κ2) is 8.05. The van der Waals surface area contributed by atoms with Crippen LogP contribution in [0, 0.1) is 6.92 Å². The number of rotatable bonds is 5. The molecule has 0 radical (unpaired) electrons. The number of hydrogen-bond acceptors (Lipinski definition) is 4. The third kappa shape index (κ3) is 4.79. The van der Waals surface area contributed by atoms with Gasteiger partial charge in [-0.15, -0.1) is 0 Å². The molecule has 0 amide bonds. The van der Waals surface area contributed by atoms with E-state index in [2.05, 4.69) is 20.8 Å². The van der Waals surface area contributed by atoms with Crippen LogP contribution in [-0.4, -0.2) is 48.6 Å². The molecule has 1 atom stereocenters. The summed E-state index contributed by atoms with van der Waals surface area (Å²) in [6.45, 7) is 5.52. The molecule has 1 aliphatic heterocycles. The number of carbonyl (C=O) groups excluding carboxylic acids is 1. The molecule has 1 unspecified atom stereocenters. The molecule has 1 saturated heterocycles. The highest BCUT2D eigenvalue weighted by atomic mass is 79.9. The predicted molar refractivity (Wildman–Crippen MR) is 87.6 cm³/mol. The van der Waals surface area contributed by atoms with Crippen molar-refractivity contribution in [2.24, 2.45) is 0 Å². The van der Waals surface area contributed by atoms with Crippen LogP contribution in [0.25, 0.3) is 0 Å². The van der Waals surface area contributed by atoms with Gasteiger partial charge in [-0.25, -0.2) is 0 Å². The second-order valence-electron chi connectivity index (χ2n) is 4.89. The highest BCUT2D eigenvalue weighted by molar-refractivity contribution is 9.09. The Kier molecular flexibility index (Phi) is 6.39. The number of carbonyl (C=O) groups is 1. The van der Waals surface area contributed by atoms with Gasteiger partial charge in [0.1, 0.15) is 11.4 Å². The minimum absolute atomic E-state index is 0.208. The van der Waals surface area contributed by atoms with Crippen molar-refractivity contribution >= 4 is 33.7 Å². The summed E-state index contributed by atoms with van der Waals surface area (Å²) in [4.78, 5) is 13.9. The Morgan fingerprint density at radius 1 is 1.35 bits per heavy atom. The van der Waals surface area contributed by atoms with E-state index in [4.69, 9.17) is 4.74 Å². The summed E-state index contributed by atoms with van der Waals surface area (Å²) in [6, 6.07) is 7.92. The molecule has 2 rings (SSSR count). The van der Waals surface area contributed by atoms with Gasteiger partial charge >= 0.3 is 5.97 Å². The highest BCUT2D eigenvalue weighted by Crippen LogP contribution is 2.24. The van der Waals surface area contributed by atoms with E-state index >= 15 is 0 Å². The highest BCUT2D eigenvalue weighted by Gasteiger charge is 2.19. The van der Waals surface area contributed by atoms with Crippen LogP contribution < -0.4 is 0 Å². The number of thioether (sulfide) groups is 1. The zero-order chi connectivity index (χ0) is 14.4. The fourth-order valence-electron chi connectivity index (χ4n) is 2.04. The van der Waals surface area contributed by atoms with Crippen molar-refractivity contribution in [3.8, 4) is 0 Å². The number of nitrogens with zero attached hydrogens (tertiary/aromatic N) is 1. The summed E-state index contributed by atoms with van der Waals surface area (Å²) < 4.78 is 5.36. The largest absolute Gasteiger partial charge is 0.463 e. The van der Waals surface area contributed by atoms with Gasteiger partial charge in [-0.3, -0.25) is 9.69 Å². The van der Waals surface area contributed by atoms with Crippen molar-refractivity contribution in [2.45, 2.75) is 11.8 Å². The number of ether oxygens (including phenoxy) is 1. The van der Waals surface area contributed by atoms with Crippen LogP contribution in [0.15, 0.2) is 24.3 Å². The third-order valence-electron chi connectivity index (χ3n) is 3.33. The molecule has 1 aromatic rings. The number of benzene rings is 1. The first-order valence-electron chi connectivity index (χ1n) is 6.84. The van der Waals surface area contributed by atoms with Crippen LogP contribution in [0.2, 0.25) is 0 Å². The predicted octanol–water partition coefficient (Wildman–Crippen LogP) is 3.02. The lowest BCUT2D eigenvalue weighted by Crippen LogP contribution is -2.35. The minimum atomic E-state index is -0.375. The monoisotopic (exact) mass is 357 g/mol. The first-order chi connectivity index (χ1) is 9.66. The summed E-state index contributed by atoms with van der Waals surface area (Å²) >= 11 is 5.40. The minimum Gasteiger partial charge on any atom is -0.463 e. The molecule has 0 saturated carbocycles. The number of esters is 1. The van der Waals surface area contributed by atoms with E-state index in [1.54, 1.807) is 0 Å². The van der Waals surface area contributed by atoms with Gasteiger partial charge in [-0.05, 0) is 12.5 Å². The van der Waals surface area contributed by atoms with Gasteiger partial charge in [0.2, 0.25) is 0 Å². The smallest absolute Gasteiger partial charge is 0.324 e. The van der Waals surface area contributed by atoms with E-state index in [0.717, 1.165) is 25.2 Å². The Morgan fingerprint density at radius 2 is 2.00 bits per heavy atom. The Morgan fingerprint density at radius 3 is 2.65 bits per heavy atom. The molecule has 1 heterocycles. The number of halogens is 1. The van der Waals surface area contributed by atoms with Crippen LogP contribution in [0.3, 0.4) is 0 Å². The molecule has 0 aliphatic carbocycles. The molecule has 5 heteroatoms. The maximum atomic E-state index is 12.0. The Bertz CT molecular complexity index is 432. The lowest BCUT2D eigenvalue weighted by molar-refractivity contribution is -0.143. The van der Waals surface area contributed by atoms with E-state index in [1.807, 2.05) is 43.0 Å². The summed E-state index contributed by atoms with van der Waals surface area (Å²) in [5.74, 6) is 2.15. The van der Waals surface area contributed by atoms with Gasteiger partial charge in [-0.2, -0.15) is 11.8 Å². The first-order valence-corrected chi connectivity index (χ1v) is 8.91. The van der Waals surface area contributed by atoms with Gasteiger partial charge < -0.3 is 4.74 Å². The second-order valence-corrected chi connectivity index (χ2v) is 7.04. The van der Waals surface area contributed by atoms with Crippen LogP contribution in [0.4, 0.5) is 0 Å². The Balaban J connectivity index is 1.74. The lowest BCUT2D eigenvalue weighted by atomic mass is 10.1. The van der Waals surface area contributed by atoms with Crippen LogP contribution in [0.5, 0.6) is 0 Å². The SMILES string of the molecule is Cc1ccc(C(Br)C(=O)OCCN2CCSCC2)cc1. The van der Waals surface area contributed by atoms with Gasteiger partial charge in [0.25, 0.3) is 0 Å². The Hall–Kier alpha value is -0.520. The summed E-state index contributed by atoms with van der Waals surface area (Å²) in [5, 5.41) is 0. The molecule has 0 aromatic heterocycles. The van der Waals surface area contributed by atoms with Crippen molar-refractivity contribution in [3.63, 3.8) is 0 Å². The molecular formula is C15H20BrNO2S. The number of hydrogen-bond donors (Lipinski definition) is 0. The summed E-state index contributed by atoms with van der Waals surface area (Å²) in [5.41, 5.74) is 2.12. The average molecular weight is 358 g/mol. The normalized spacial score (nSPS) is 17.7. The average Bonchev–Trinajstić information content (AvgIpc) is 2.48. The molecule has 3 nitrogen and oxygen atoms in total. The molecule has 110 valence electrons. The lowest BCUT2D eigenvalue weighted by Gasteiger charge is -2.25. The van der Waals surface area contributed by atoms with Gasteiger partial charge in [0.15, 0.2) is 0 Å². The van der Waals surface area contributed by atoms with Gasteiger partial charge in [0, 0.05) is 31.1 Å². The quantitative estimate of drug-likeness (QED) is 0.598. The van der Waals surface area contributed by atoms with E-state index in [9.17, 15) is 4.79 Å². The molecule has 0 bridgehead atoms. The van der Waals surface area contributed by atoms with Crippen molar-refractivity contribution in [1.82, 2.24) is 4.90 Å². The molecule has 1 aromatic carbocycles. The maximum absolute atomic E-state index is 12.0. The molecule has 1 aliphatic rings. The van der Waals surface area contributed by atoms with Crippen LogP contribution in [-0.2, 0) is 9.53 Å². The Labute approximate surface area is 133 Å². The summed E-state index contributed by atoms with van der Waals surface area (Å²) in [7, 11) is 0. The zero-order valence-electron chi connectivity index (χ0n) is 11.7. The van der Waals surface area contributed by atoms with Crippen molar-refractivity contribution in [1.29, 1.82) is 0 Å². The molecule has 20 heavy (non-hydrogen) atoms. The first kappa shape index (κ1) is 15.9. The summed E-state index contributed by atoms with van der Waals surface area (Å²) in [6.07, 6.45) is 0. The standard InChI is InChI=1S/C15H20BrNO2S/c1-12-2-4-13(5-3-12)14(16)15(18)19-9-6-17-7-10-20-11-8-17/h2-5,14H,6-11H2,1H3. The number of aryl methyl sites for hydroxylation is 1. The fraction of sp³-hybridized carbons (Fsp3) is 0.533. The van der Waals surface area contributed by atoms with Crippen LogP contribution >= 0.6 is 27.7 Å². The van der Waals surface area contributed by atoms with E-state index in [0.29, 0.717) is 6.61 Å². The van der Waals surface area contributed by atoms with Gasteiger partial charge in [-0.1, -0.05) is 45.8 Å². The van der Waals surface area contributed by atoms with Crippen molar-refractivity contribution in [2.75, 3.05) is 37.7 Å². The molecular weight excluding hydrogens is 338 g/mol. The van der Waals surface area contributed by atoms with Crippen molar-refractivity contribution in [3.05, 3.63) is 35.4 Å². The van der Waals surface area contributed by atoms with E-state index in [1.165, 1.54) is 17.1 Å². The molecule has 0 N–H and O–H groups in total. The van der Waals surface area contributed by atoms with E-state index in [-0.39, 0.29) is 10.8 Å². The fourth-order valence-corrected chi connectivity index (χ4v) is 3.46. The topological polar surface area (TPSA) is 29.5 Å².